The van der Waals surface area contributed by atoms with Gasteiger partial charge in [0.15, 0.2) is 9.84 Å². The van der Waals surface area contributed by atoms with Crippen LogP contribution in [-0.4, -0.2) is 57.0 Å². The summed E-state index contributed by atoms with van der Waals surface area (Å²) < 4.78 is 31.0. The van der Waals surface area contributed by atoms with Gasteiger partial charge in [-0.1, -0.05) is 24.3 Å². The first-order valence-electron chi connectivity index (χ1n) is 9.48. The molecule has 3 rings (SSSR count). The third kappa shape index (κ3) is 4.62. The number of benzene rings is 2. The van der Waals surface area contributed by atoms with E-state index in [0.29, 0.717) is 25.9 Å². The van der Waals surface area contributed by atoms with Crippen LogP contribution in [0.25, 0.3) is 0 Å². The van der Waals surface area contributed by atoms with Crippen molar-refractivity contribution < 1.29 is 22.7 Å². The summed E-state index contributed by atoms with van der Waals surface area (Å²) in [5, 5.41) is 2.24. The van der Waals surface area contributed by atoms with Gasteiger partial charge in [0.2, 0.25) is 0 Å². The molecule has 0 bridgehead atoms. The fourth-order valence-electron chi connectivity index (χ4n) is 3.48. The number of nitrogens with one attached hydrogen (secondary N) is 1. The average Bonchev–Trinajstić information content (AvgIpc) is 2.79. The number of carbonyl (C=O) groups is 2. The Hall–Kier alpha value is -2.52. The minimum atomic E-state index is -3.73. The van der Waals surface area contributed by atoms with Crippen molar-refractivity contribution in [2.45, 2.75) is 27.9 Å². The molecule has 1 saturated heterocycles. The number of esters is 1. The lowest BCUT2D eigenvalue weighted by molar-refractivity contribution is 0.0596. The van der Waals surface area contributed by atoms with Crippen molar-refractivity contribution in [2.75, 3.05) is 31.8 Å². The lowest BCUT2D eigenvalue weighted by atomic mass is 10.1. The number of piperidine rings is 1. The Balaban J connectivity index is 1.69. The third-order valence-corrected chi connectivity index (χ3v) is 8.23. The number of anilines is 1. The van der Waals surface area contributed by atoms with Crippen LogP contribution in [0.5, 0.6) is 0 Å². The maximum Gasteiger partial charge on any atom is 0.339 e. The molecule has 0 spiro atoms. The second kappa shape index (κ2) is 9.53. The second-order valence-corrected chi connectivity index (χ2v) is 9.89. The van der Waals surface area contributed by atoms with Gasteiger partial charge in [-0.25, -0.2) is 18.0 Å². The number of hydrogen-bond donors (Lipinski definition) is 1. The molecular formula is C21H24N2O5S2. The minimum absolute atomic E-state index is 0.0198. The van der Waals surface area contributed by atoms with Crippen LogP contribution in [0.2, 0.25) is 0 Å². The number of likely N-dealkylation sites (tertiary alicyclic amines) is 1. The number of methoxy groups -OCH3 is 1. The van der Waals surface area contributed by atoms with Gasteiger partial charge in [-0.2, -0.15) is 0 Å². The van der Waals surface area contributed by atoms with Crippen LogP contribution in [0.1, 0.15) is 23.2 Å². The molecule has 0 aliphatic carbocycles. The van der Waals surface area contributed by atoms with Crippen LogP contribution in [0.15, 0.2) is 58.3 Å². The molecule has 160 valence electrons. The first-order chi connectivity index (χ1) is 14.4. The zero-order valence-corrected chi connectivity index (χ0v) is 18.5. The van der Waals surface area contributed by atoms with Gasteiger partial charge >= 0.3 is 12.0 Å². The minimum Gasteiger partial charge on any atom is -0.465 e. The number of nitrogens with zero attached hydrogens (tertiary/aromatic N) is 1. The molecule has 1 N–H and O–H groups in total. The van der Waals surface area contributed by atoms with Crippen molar-refractivity contribution in [1.29, 1.82) is 0 Å². The van der Waals surface area contributed by atoms with Crippen molar-refractivity contribution in [3.8, 4) is 0 Å². The van der Waals surface area contributed by atoms with E-state index in [4.69, 9.17) is 4.74 Å². The molecule has 0 radical (unpaired) electrons. The molecule has 0 unspecified atom stereocenters. The number of ether oxygens (including phenoxy) is 1. The fraction of sp³-hybridized carbons (Fsp3) is 0.333. The number of thioether (sulfide) groups is 1. The van der Waals surface area contributed by atoms with Gasteiger partial charge in [0.05, 0.1) is 28.5 Å². The Kier molecular flexibility index (Phi) is 7.04. The summed E-state index contributed by atoms with van der Waals surface area (Å²) in [6, 6.07) is 13.3. The van der Waals surface area contributed by atoms with Gasteiger partial charge in [-0.3, -0.25) is 0 Å². The molecule has 1 aliphatic rings. The standard InChI is InChI=1S/C21H24N2O5S2/c1-28-20(24)16-7-3-6-10-19(16)30(26,27)15-11-13-23(14-12-15)21(25)22-17-8-4-5-9-18(17)29-2/h3-10,15H,11-14H2,1-2H3,(H,22,25). The molecule has 1 heterocycles. The van der Waals surface area contributed by atoms with Gasteiger partial charge in [-0.05, 0) is 43.4 Å². The van der Waals surface area contributed by atoms with E-state index in [2.05, 4.69) is 5.32 Å². The van der Waals surface area contributed by atoms with E-state index in [1.807, 2.05) is 30.5 Å². The monoisotopic (exact) mass is 448 g/mol. The normalized spacial score (nSPS) is 14.9. The van der Waals surface area contributed by atoms with Gasteiger partial charge in [0.1, 0.15) is 0 Å². The number of urea groups is 1. The topological polar surface area (TPSA) is 92.8 Å². The molecule has 2 amide bonds. The Morgan fingerprint density at radius 3 is 2.37 bits per heavy atom. The summed E-state index contributed by atoms with van der Waals surface area (Å²) >= 11 is 1.54. The molecule has 2 aromatic carbocycles. The summed E-state index contributed by atoms with van der Waals surface area (Å²) in [7, 11) is -2.51. The summed E-state index contributed by atoms with van der Waals surface area (Å²) in [4.78, 5) is 27.2. The first-order valence-corrected chi connectivity index (χ1v) is 12.3. The number of hydrogen-bond acceptors (Lipinski definition) is 6. The Bertz CT molecular complexity index is 1030. The SMILES string of the molecule is COC(=O)c1ccccc1S(=O)(=O)C1CCN(C(=O)Nc2ccccc2SC)CC1. The molecule has 7 nitrogen and oxygen atoms in total. The van der Waals surface area contributed by atoms with Crippen molar-refractivity contribution in [3.63, 3.8) is 0 Å². The summed E-state index contributed by atoms with van der Waals surface area (Å²) in [6.07, 6.45) is 2.54. The third-order valence-electron chi connectivity index (χ3n) is 5.12. The quantitative estimate of drug-likeness (QED) is 0.554. The fourth-order valence-corrected chi connectivity index (χ4v) is 5.95. The molecule has 0 atom stereocenters. The van der Waals surface area contributed by atoms with E-state index in [1.54, 1.807) is 28.8 Å². The van der Waals surface area contributed by atoms with E-state index >= 15 is 0 Å². The highest BCUT2D eigenvalue weighted by Gasteiger charge is 2.35. The van der Waals surface area contributed by atoms with Gasteiger partial charge < -0.3 is 15.0 Å². The molecule has 30 heavy (non-hydrogen) atoms. The largest absolute Gasteiger partial charge is 0.465 e. The number of sulfone groups is 1. The van der Waals surface area contributed by atoms with Gasteiger partial charge in [0.25, 0.3) is 0 Å². The molecule has 0 aromatic heterocycles. The van der Waals surface area contributed by atoms with Crippen LogP contribution in [-0.2, 0) is 14.6 Å². The van der Waals surface area contributed by atoms with Crippen LogP contribution < -0.4 is 5.32 Å². The maximum absolute atomic E-state index is 13.1. The highest BCUT2D eigenvalue weighted by Crippen LogP contribution is 2.29. The van der Waals surface area contributed by atoms with Crippen LogP contribution in [0.4, 0.5) is 10.5 Å². The Morgan fingerprint density at radius 2 is 1.70 bits per heavy atom. The summed E-state index contributed by atoms with van der Waals surface area (Å²) in [5.74, 6) is -0.682. The highest BCUT2D eigenvalue weighted by atomic mass is 32.2. The van der Waals surface area contributed by atoms with E-state index in [9.17, 15) is 18.0 Å². The molecule has 2 aromatic rings. The Labute approximate surface area is 180 Å². The maximum atomic E-state index is 13.1. The molecule has 1 aliphatic heterocycles. The van der Waals surface area contributed by atoms with E-state index in [0.717, 1.165) is 10.6 Å². The predicted octanol–water partition coefficient (Wildman–Crippen LogP) is 3.67. The zero-order chi connectivity index (χ0) is 21.7. The lowest BCUT2D eigenvalue weighted by Gasteiger charge is -2.32. The van der Waals surface area contributed by atoms with E-state index in [1.165, 1.54) is 19.2 Å². The molecule has 0 saturated carbocycles. The van der Waals surface area contributed by atoms with Crippen LogP contribution in [0, 0.1) is 0 Å². The lowest BCUT2D eigenvalue weighted by Crippen LogP contribution is -2.44. The summed E-state index contributed by atoms with van der Waals surface area (Å²) in [5.41, 5.74) is 0.769. The second-order valence-electron chi connectivity index (χ2n) is 6.85. The Morgan fingerprint density at radius 1 is 1.07 bits per heavy atom. The average molecular weight is 449 g/mol. The smallest absolute Gasteiger partial charge is 0.339 e. The van der Waals surface area contributed by atoms with Crippen LogP contribution in [0.3, 0.4) is 0 Å². The van der Waals surface area contributed by atoms with Crippen LogP contribution >= 0.6 is 11.8 Å². The first kappa shape index (κ1) is 22.2. The molecule has 1 fully saturated rings. The zero-order valence-electron chi connectivity index (χ0n) is 16.8. The highest BCUT2D eigenvalue weighted by molar-refractivity contribution is 7.98. The molecule has 9 heteroatoms. The molecular weight excluding hydrogens is 424 g/mol. The number of para-hydroxylation sites is 1. The van der Waals surface area contributed by atoms with Crippen molar-refractivity contribution in [1.82, 2.24) is 4.90 Å². The van der Waals surface area contributed by atoms with E-state index < -0.39 is 21.1 Å². The van der Waals surface area contributed by atoms with Crippen molar-refractivity contribution in [3.05, 3.63) is 54.1 Å². The van der Waals surface area contributed by atoms with Crippen molar-refractivity contribution >= 4 is 39.3 Å². The van der Waals surface area contributed by atoms with E-state index in [-0.39, 0.29) is 16.5 Å². The summed E-state index contributed by atoms with van der Waals surface area (Å²) in [6.45, 7) is 0.634. The van der Waals surface area contributed by atoms with Gasteiger partial charge in [-0.15, -0.1) is 11.8 Å². The number of rotatable bonds is 5. The predicted molar refractivity (Wildman–Crippen MR) is 117 cm³/mol. The number of carbonyl (C=O) groups excluding carboxylic acids is 2. The number of amides is 2. The van der Waals surface area contributed by atoms with Gasteiger partial charge in [0, 0.05) is 18.0 Å². The van der Waals surface area contributed by atoms with Crippen molar-refractivity contribution in [2.24, 2.45) is 0 Å².